The average molecular weight is 226 g/mol. The Kier molecular flexibility index (Phi) is 2.93. The predicted octanol–water partition coefficient (Wildman–Crippen LogP) is 4.29. The number of hydrogen-bond donors (Lipinski definition) is 1. The maximum Gasteiger partial charge on any atom is 0.115 e. The number of phenols is 1. The molecule has 0 aliphatic rings. The average Bonchev–Trinajstić information content (AvgIpc) is 2.24. The van der Waals surface area contributed by atoms with Crippen LogP contribution in [0.1, 0.15) is 22.3 Å². The lowest BCUT2D eigenvalue weighted by Gasteiger charge is -2.13. The van der Waals surface area contributed by atoms with Gasteiger partial charge in [0.2, 0.25) is 0 Å². The molecule has 0 spiro atoms. The molecule has 88 valence electrons. The molecule has 0 aliphatic heterocycles. The summed E-state index contributed by atoms with van der Waals surface area (Å²) in [6, 6.07) is 9.97. The van der Waals surface area contributed by atoms with Crippen molar-refractivity contribution >= 4 is 0 Å². The lowest BCUT2D eigenvalue weighted by atomic mass is 9.92. The zero-order valence-corrected chi connectivity index (χ0v) is 10.8. The number of aryl methyl sites for hydroxylation is 3. The monoisotopic (exact) mass is 226 g/mol. The number of hydrogen-bond acceptors (Lipinski definition) is 1. The Morgan fingerprint density at radius 1 is 0.765 bits per heavy atom. The summed E-state index contributed by atoms with van der Waals surface area (Å²) in [5.74, 6) is 0.327. The molecule has 0 atom stereocenters. The number of aromatic hydroxyl groups is 1. The molecule has 17 heavy (non-hydrogen) atoms. The van der Waals surface area contributed by atoms with Gasteiger partial charge in [-0.15, -0.1) is 0 Å². The molecule has 0 unspecified atom stereocenters. The second kappa shape index (κ2) is 4.25. The topological polar surface area (TPSA) is 20.2 Å². The van der Waals surface area contributed by atoms with Crippen LogP contribution in [-0.2, 0) is 0 Å². The Labute approximate surface area is 103 Å². The Hall–Kier alpha value is -1.76. The van der Waals surface area contributed by atoms with E-state index in [1.165, 1.54) is 27.8 Å². The fraction of sp³-hybridized carbons (Fsp3) is 0.250. The second-order valence-corrected chi connectivity index (χ2v) is 4.75. The largest absolute Gasteiger partial charge is 0.508 e. The van der Waals surface area contributed by atoms with E-state index in [0.717, 1.165) is 5.56 Å². The first kappa shape index (κ1) is 11.7. The quantitative estimate of drug-likeness (QED) is 0.769. The third kappa shape index (κ3) is 2.19. The summed E-state index contributed by atoms with van der Waals surface area (Å²) in [6.07, 6.45) is 0. The first-order valence-corrected chi connectivity index (χ1v) is 5.87. The maximum atomic E-state index is 9.46. The molecule has 1 N–H and O–H groups in total. The summed E-state index contributed by atoms with van der Waals surface area (Å²) in [7, 11) is 0. The van der Waals surface area contributed by atoms with Crippen LogP contribution in [0, 0.1) is 27.7 Å². The van der Waals surface area contributed by atoms with Crippen LogP contribution in [0.2, 0.25) is 0 Å². The lowest BCUT2D eigenvalue weighted by Crippen LogP contribution is -1.91. The number of benzene rings is 2. The zero-order chi connectivity index (χ0) is 12.6. The van der Waals surface area contributed by atoms with Gasteiger partial charge in [-0.3, -0.25) is 0 Å². The Morgan fingerprint density at radius 3 is 2.12 bits per heavy atom. The zero-order valence-electron chi connectivity index (χ0n) is 10.8. The molecule has 1 heteroatoms. The summed E-state index contributed by atoms with van der Waals surface area (Å²) < 4.78 is 0. The molecular formula is C16H18O. The van der Waals surface area contributed by atoms with Crippen molar-refractivity contribution in [2.24, 2.45) is 0 Å². The molecule has 0 heterocycles. The van der Waals surface area contributed by atoms with Crippen LogP contribution in [0.3, 0.4) is 0 Å². The van der Waals surface area contributed by atoms with Gasteiger partial charge in [-0.05, 0) is 67.6 Å². The Morgan fingerprint density at radius 2 is 1.47 bits per heavy atom. The summed E-state index contributed by atoms with van der Waals surface area (Å²) in [6.45, 7) is 8.44. The molecule has 0 radical (unpaired) electrons. The standard InChI is InChI=1S/C16H18O/c1-10-7-11(2)13(4)16(8-10)15-6-5-14(17)9-12(15)3/h5-9,17H,1-4H3. The van der Waals surface area contributed by atoms with Gasteiger partial charge in [0.1, 0.15) is 5.75 Å². The normalized spacial score (nSPS) is 10.6. The van der Waals surface area contributed by atoms with Crippen LogP contribution < -0.4 is 0 Å². The molecule has 2 aromatic carbocycles. The third-order valence-electron chi connectivity index (χ3n) is 3.31. The minimum atomic E-state index is 0.327. The SMILES string of the molecule is Cc1cc(C)c(C)c(-c2ccc(O)cc2C)c1. The van der Waals surface area contributed by atoms with Crippen molar-refractivity contribution in [3.8, 4) is 16.9 Å². The summed E-state index contributed by atoms with van der Waals surface area (Å²) in [5.41, 5.74) is 7.47. The molecule has 0 amide bonds. The molecule has 0 saturated heterocycles. The number of phenolic OH excluding ortho intramolecular Hbond substituents is 1. The van der Waals surface area contributed by atoms with E-state index < -0.39 is 0 Å². The van der Waals surface area contributed by atoms with Gasteiger partial charge in [-0.1, -0.05) is 23.8 Å². The molecular weight excluding hydrogens is 208 g/mol. The van der Waals surface area contributed by atoms with Crippen LogP contribution in [0.25, 0.3) is 11.1 Å². The van der Waals surface area contributed by atoms with Crippen LogP contribution in [0.15, 0.2) is 30.3 Å². The first-order chi connectivity index (χ1) is 7.99. The predicted molar refractivity (Wildman–Crippen MR) is 72.5 cm³/mol. The van der Waals surface area contributed by atoms with Crippen molar-refractivity contribution < 1.29 is 5.11 Å². The van der Waals surface area contributed by atoms with E-state index in [1.807, 2.05) is 19.1 Å². The molecule has 0 saturated carbocycles. The van der Waals surface area contributed by atoms with Gasteiger partial charge in [0, 0.05) is 0 Å². The maximum absolute atomic E-state index is 9.46. The summed E-state index contributed by atoms with van der Waals surface area (Å²) in [5, 5.41) is 9.46. The van der Waals surface area contributed by atoms with Gasteiger partial charge in [0.05, 0.1) is 0 Å². The minimum absolute atomic E-state index is 0.327. The van der Waals surface area contributed by atoms with Gasteiger partial charge in [-0.2, -0.15) is 0 Å². The molecule has 0 bridgehead atoms. The fourth-order valence-corrected chi connectivity index (χ4v) is 2.27. The highest BCUT2D eigenvalue weighted by atomic mass is 16.3. The van der Waals surface area contributed by atoms with Crippen LogP contribution in [-0.4, -0.2) is 5.11 Å². The summed E-state index contributed by atoms with van der Waals surface area (Å²) >= 11 is 0. The molecule has 2 rings (SSSR count). The van der Waals surface area contributed by atoms with Crippen molar-refractivity contribution in [3.05, 3.63) is 52.6 Å². The highest BCUT2D eigenvalue weighted by Crippen LogP contribution is 2.31. The minimum Gasteiger partial charge on any atom is -0.508 e. The van der Waals surface area contributed by atoms with Gasteiger partial charge < -0.3 is 5.11 Å². The molecule has 1 nitrogen and oxygen atoms in total. The van der Waals surface area contributed by atoms with Crippen LogP contribution in [0.4, 0.5) is 0 Å². The van der Waals surface area contributed by atoms with Gasteiger partial charge in [0.15, 0.2) is 0 Å². The van der Waals surface area contributed by atoms with E-state index >= 15 is 0 Å². The van der Waals surface area contributed by atoms with Gasteiger partial charge >= 0.3 is 0 Å². The van der Waals surface area contributed by atoms with E-state index in [1.54, 1.807) is 6.07 Å². The van der Waals surface area contributed by atoms with E-state index in [9.17, 15) is 5.11 Å². The van der Waals surface area contributed by atoms with Gasteiger partial charge in [-0.25, -0.2) is 0 Å². The van der Waals surface area contributed by atoms with Crippen molar-refractivity contribution in [1.82, 2.24) is 0 Å². The molecule has 0 aromatic heterocycles. The van der Waals surface area contributed by atoms with Crippen molar-refractivity contribution in [2.45, 2.75) is 27.7 Å². The highest BCUT2D eigenvalue weighted by Gasteiger charge is 2.08. The first-order valence-electron chi connectivity index (χ1n) is 5.87. The smallest absolute Gasteiger partial charge is 0.115 e. The molecule has 2 aromatic rings. The highest BCUT2D eigenvalue weighted by molar-refractivity contribution is 5.72. The van der Waals surface area contributed by atoms with Crippen molar-refractivity contribution in [3.63, 3.8) is 0 Å². The Balaban J connectivity index is 2.68. The van der Waals surface area contributed by atoms with Crippen LogP contribution >= 0.6 is 0 Å². The van der Waals surface area contributed by atoms with E-state index in [0.29, 0.717) is 5.75 Å². The molecule has 0 fully saturated rings. The second-order valence-electron chi connectivity index (χ2n) is 4.75. The van der Waals surface area contributed by atoms with Crippen molar-refractivity contribution in [1.29, 1.82) is 0 Å². The van der Waals surface area contributed by atoms with E-state index in [4.69, 9.17) is 0 Å². The van der Waals surface area contributed by atoms with Crippen molar-refractivity contribution in [2.75, 3.05) is 0 Å². The number of rotatable bonds is 1. The van der Waals surface area contributed by atoms with Gasteiger partial charge in [0.25, 0.3) is 0 Å². The van der Waals surface area contributed by atoms with Crippen LogP contribution in [0.5, 0.6) is 5.75 Å². The lowest BCUT2D eigenvalue weighted by molar-refractivity contribution is 0.475. The fourth-order valence-electron chi connectivity index (χ4n) is 2.27. The van der Waals surface area contributed by atoms with E-state index in [2.05, 4.69) is 32.9 Å². The Bertz CT molecular complexity index is 568. The van der Waals surface area contributed by atoms with E-state index in [-0.39, 0.29) is 0 Å². The molecule has 0 aliphatic carbocycles. The third-order valence-corrected chi connectivity index (χ3v) is 3.31. The summed E-state index contributed by atoms with van der Waals surface area (Å²) in [4.78, 5) is 0.